The average molecular weight is 521 g/mol. The highest BCUT2D eigenvalue weighted by atomic mass is 35.5. The average Bonchev–Trinajstić information content (AvgIpc) is 3.47. The number of ether oxygens (including phenoxy) is 3. The van der Waals surface area contributed by atoms with E-state index in [-0.39, 0.29) is 17.7 Å². The predicted octanol–water partition coefficient (Wildman–Crippen LogP) is 4.65. The summed E-state index contributed by atoms with van der Waals surface area (Å²) in [7, 11) is 0. The van der Waals surface area contributed by atoms with E-state index in [4.69, 9.17) is 31.5 Å². The molecule has 0 amide bonds. The van der Waals surface area contributed by atoms with Crippen molar-refractivity contribution in [2.75, 3.05) is 12.3 Å². The van der Waals surface area contributed by atoms with Crippen LogP contribution in [0.15, 0.2) is 60.8 Å². The molecule has 1 saturated heterocycles. The molecular formula is C27H25ClN4O5. The maximum absolute atomic E-state index is 12.9. The van der Waals surface area contributed by atoms with Crippen LogP contribution in [-0.4, -0.2) is 45.3 Å². The smallest absolute Gasteiger partial charge is 0.338 e. The van der Waals surface area contributed by atoms with Crippen molar-refractivity contribution >= 4 is 40.4 Å². The molecule has 0 radical (unpaired) electrons. The Hall–Kier alpha value is -3.95. The summed E-state index contributed by atoms with van der Waals surface area (Å²) in [5, 5.41) is 0.629. The molecule has 0 saturated carbocycles. The van der Waals surface area contributed by atoms with E-state index < -0.39 is 30.4 Å². The van der Waals surface area contributed by atoms with Gasteiger partial charge in [-0.15, -0.1) is 0 Å². The number of rotatable bonds is 6. The first kappa shape index (κ1) is 24.7. The second-order valence-electron chi connectivity index (χ2n) is 8.98. The minimum atomic E-state index is -0.707. The largest absolute Gasteiger partial charge is 0.459 e. The third-order valence-corrected chi connectivity index (χ3v) is 6.45. The van der Waals surface area contributed by atoms with Crippen molar-refractivity contribution in [1.82, 2.24) is 14.5 Å². The molecule has 2 aromatic carbocycles. The quantitative estimate of drug-likeness (QED) is 0.288. The Morgan fingerprint density at radius 1 is 1.00 bits per heavy atom. The maximum Gasteiger partial charge on any atom is 0.338 e. The molecule has 3 heterocycles. The highest BCUT2D eigenvalue weighted by Crippen LogP contribution is 2.35. The van der Waals surface area contributed by atoms with E-state index in [1.807, 2.05) is 38.1 Å². The molecule has 9 nitrogen and oxygen atoms in total. The van der Waals surface area contributed by atoms with Crippen LogP contribution in [0.5, 0.6) is 0 Å². The van der Waals surface area contributed by atoms with Gasteiger partial charge >= 0.3 is 11.9 Å². The number of aryl methyl sites for hydroxylation is 2. The fourth-order valence-electron chi connectivity index (χ4n) is 4.23. The van der Waals surface area contributed by atoms with E-state index in [2.05, 4.69) is 9.97 Å². The van der Waals surface area contributed by atoms with Crippen molar-refractivity contribution in [2.24, 2.45) is 0 Å². The molecule has 4 aromatic rings. The van der Waals surface area contributed by atoms with Crippen molar-refractivity contribution in [1.29, 1.82) is 0 Å². The molecule has 0 aliphatic carbocycles. The van der Waals surface area contributed by atoms with E-state index in [1.54, 1.807) is 41.1 Å². The van der Waals surface area contributed by atoms with Gasteiger partial charge in [0.25, 0.3) is 0 Å². The summed E-state index contributed by atoms with van der Waals surface area (Å²) >= 11 is 6.03. The molecule has 1 fully saturated rings. The Labute approximate surface area is 218 Å². The predicted molar refractivity (Wildman–Crippen MR) is 137 cm³/mol. The van der Waals surface area contributed by atoms with E-state index in [0.29, 0.717) is 28.6 Å². The second kappa shape index (κ2) is 10.2. The van der Waals surface area contributed by atoms with Crippen molar-refractivity contribution < 1.29 is 23.8 Å². The first-order valence-electron chi connectivity index (χ1n) is 11.7. The highest BCUT2D eigenvalue weighted by molar-refractivity contribution is 6.28. The van der Waals surface area contributed by atoms with Crippen LogP contribution in [0.4, 0.5) is 5.82 Å². The van der Waals surface area contributed by atoms with Gasteiger partial charge in [0, 0.05) is 12.6 Å². The summed E-state index contributed by atoms with van der Waals surface area (Å²) in [6, 6.07) is 15.9. The van der Waals surface area contributed by atoms with Crippen LogP contribution >= 0.6 is 11.6 Å². The normalized spacial score (nSPS) is 19.2. The van der Waals surface area contributed by atoms with E-state index in [9.17, 15) is 9.59 Å². The van der Waals surface area contributed by atoms with Crippen molar-refractivity contribution in [2.45, 2.75) is 38.7 Å². The van der Waals surface area contributed by atoms with Crippen molar-refractivity contribution in [3.8, 4) is 0 Å². The van der Waals surface area contributed by atoms with Crippen LogP contribution in [0.1, 0.15) is 44.5 Å². The zero-order valence-corrected chi connectivity index (χ0v) is 21.0. The third-order valence-electron chi connectivity index (χ3n) is 6.28. The molecule has 2 aromatic heterocycles. The van der Waals surface area contributed by atoms with Gasteiger partial charge in [-0.05, 0) is 55.8 Å². The Balaban J connectivity index is 1.37. The number of nitrogens with zero attached hydrogens (tertiary/aromatic N) is 3. The molecule has 190 valence electrons. The number of benzene rings is 2. The minimum absolute atomic E-state index is 0.00822. The van der Waals surface area contributed by atoms with Crippen LogP contribution in [0.25, 0.3) is 11.0 Å². The number of fused-ring (bicyclic) bond motifs is 1. The zero-order valence-electron chi connectivity index (χ0n) is 20.3. The molecule has 3 atom stereocenters. The number of nitrogen functional groups attached to an aromatic ring is 1. The van der Waals surface area contributed by atoms with Gasteiger partial charge in [-0.2, -0.15) is 4.98 Å². The topological polar surface area (TPSA) is 119 Å². The molecule has 37 heavy (non-hydrogen) atoms. The molecule has 5 rings (SSSR count). The number of anilines is 1. The summed E-state index contributed by atoms with van der Waals surface area (Å²) in [6.07, 6.45) is 0.103. The fraction of sp³-hybridized carbons (Fsp3) is 0.259. The van der Waals surface area contributed by atoms with Gasteiger partial charge in [0.1, 0.15) is 36.5 Å². The third kappa shape index (κ3) is 5.28. The number of hydrogen-bond donors (Lipinski definition) is 1. The van der Waals surface area contributed by atoms with Crippen LogP contribution in [-0.2, 0) is 14.2 Å². The lowest BCUT2D eigenvalue weighted by Crippen LogP contribution is -2.32. The van der Waals surface area contributed by atoms with E-state index in [0.717, 1.165) is 11.1 Å². The summed E-state index contributed by atoms with van der Waals surface area (Å²) in [6.45, 7) is 3.77. The molecule has 10 heteroatoms. The van der Waals surface area contributed by atoms with Gasteiger partial charge in [0.2, 0.25) is 5.28 Å². The first-order valence-corrected chi connectivity index (χ1v) is 12.1. The second-order valence-corrected chi connectivity index (χ2v) is 9.32. The lowest BCUT2D eigenvalue weighted by Gasteiger charge is -2.19. The summed E-state index contributed by atoms with van der Waals surface area (Å²) in [4.78, 5) is 33.8. The number of hydrogen-bond acceptors (Lipinski definition) is 8. The van der Waals surface area contributed by atoms with Crippen molar-refractivity contribution in [3.05, 3.63) is 88.3 Å². The van der Waals surface area contributed by atoms with Crippen LogP contribution in [0.2, 0.25) is 5.28 Å². The summed E-state index contributed by atoms with van der Waals surface area (Å²) in [5.41, 5.74) is 9.39. The van der Waals surface area contributed by atoms with Crippen LogP contribution < -0.4 is 5.73 Å². The van der Waals surface area contributed by atoms with E-state index >= 15 is 0 Å². The summed E-state index contributed by atoms with van der Waals surface area (Å²) < 4.78 is 19.4. The van der Waals surface area contributed by atoms with Gasteiger partial charge < -0.3 is 24.5 Å². The molecule has 0 bridgehead atoms. The van der Waals surface area contributed by atoms with Crippen molar-refractivity contribution in [3.63, 3.8) is 0 Å². The number of aromatic nitrogens is 3. The van der Waals surface area contributed by atoms with Gasteiger partial charge in [-0.25, -0.2) is 14.6 Å². The van der Waals surface area contributed by atoms with Crippen LogP contribution in [0, 0.1) is 13.8 Å². The number of carbonyl (C=O) groups is 2. The zero-order chi connectivity index (χ0) is 26.1. The Bertz CT molecular complexity index is 1450. The SMILES string of the molecule is Cc1ccc(C(=O)OC[C@H]2O[C@@H](n3ccc4c(N)nc(Cl)nc43)C[C@@H]2OC(=O)c2ccc(C)cc2)cc1. The summed E-state index contributed by atoms with van der Waals surface area (Å²) in [5.74, 6) is -0.733. The number of halogens is 1. The number of carbonyl (C=O) groups excluding carboxylic acids is 2. The fourth-order valence-corrected chi connectivity index (χ4v) is 4.40. The molecule has 0 spiro atoms. The lowest BCUT2D eigenvalue weighted by molar-refractivity contribution is -0.0562. The Morgan fingerprint density at radius 3 is 2.27 bits per heavy atom. The first-order chi connectivity index (χ1) is 17.8. The maximum atomic E-state index is 12.9. The molecule has 0 unspecified atom stereocenters. The molecular weight excluding hydrogens is 496 g/mol. The number of esters is 2. The number of nitrogens with two attached hydrogens (primary N) is 1. The van der Waals surface area contributed by atoms with Crippen LogP contribution in [0.3, 0.4) is 0 Å². The monoisotopic (exact) mass is 520 g/mol. The van der Waals surface area contributed by atoms with Gasteiger partial charge in [-0.1, -0.05) is 35.4 Å². The minimum Gasteiger partial charge on any atom is -0.459 e. The Kier molecular flexibility index (Phi) is 6.82. The lowest BCUT2D eigenvalue weighted by atomic mass is 10.1. The van der Waals surface area contributed by atoms with Gasteiger partial charge in [0.15, 0.2) is 0 Å². The standard InChI is InChI=1S/C27H25ClN4O5/c1-15-3-7-17(8-4-15)25(33)35-14-21-20(37-26(34)18-9-5-16(2)6-10-18)13-22(36-21)32-12-11-19-23(29)30-27(28)31-24(19)32/h3-12,20-22H,13-14H2,1-2H3,(H2,29,30,31)/t20-,21+,22+/m0/s1. The molecule has 2 N–H and O–H groups in total. The molecule has 1 aliphatic heterocycles. The van der Waals surface area contributed by atoms with Gasteiger partial charge in [-0.3, -0.25) is 0 Å². The Morgan fingerprint density at radius 2 is 1.62 bits per heavy atom. The molecule has 1 aliphatic rings. The van der Waals surface area contributed by atoms with Gasteiger partial charge in [0.05, 0.1) is 16.5 Å². The van der Waals surface area contributed by atoms with E-state index in [1.165, 1.54) is 0 Å². The highest BCUT2D eigenvalue weighted by Gasteiger charge is 2.40.